The van der Waals surface area contributed by atoms with Crippen molar-refractivity contribution < 1.29 is 22.0 Å². The third-order valence-electron chi connectivity index (χ3n) is 3.83. The van der Waals surface area contributed by atoms with Crippen LogP contribution < -0.4 is 5.32 Å². The molecule has 7 heteroatoms. The molecule has 0 aliphatic carbocycles. The van der Waals surface area contributed by atoms with Gasteiger partial charge in [-0.2, -0.15) is 0 Å². The molecule has 0 aliphatic rings. The van der Waals surface area contributed by atoms with Gasteiger partial charge in [-0.25, -0.2) is 17.2 Å². The summed E-state index contributed by atoms with van der Waals surface area (Å²) >= 11 is 0. The standard InChI is InChI=1S/C17H17F2NO3S/c1-10-4-6-14(8-11(10)2)24(22,23)12(3)17(21)20-16-9-13(18)5-7-15(16)19/h4-9,12H,1-3H3,(H,20,21). The summed E-state index contributed by atoms with van der Waals surface area (Å²) in [5, 5.41) is 0.663. The second kappa shape index (κ2) is 6.68. The van der Waals surface area contributed by atoms with Gasteiger partial charge in [-0.15, -0.1) is 0 Å². The van der Waals surface area contributed by atoms with E-state index in [1.807, 2.05) is 6.92 Å². The first-order valence-electron chi connectivity index (χ1n) is 7.20. The molecule has 0 saturated heterocycles. The Labute approximate surface area is 139 Å². The maximum atomic E-state index is 13.6. The van der Waals surface area contributed by atoms with Crippen molar-refractivity contribution in [3.05, 3.63) is 59.2 Å². The SMILES string of the molecule is Cc1ccc(S(=O)(=O)C(C)C(=O)Nc2cc(F)ccc2F)cc1C. The number of hydrogen-bond donors (Lipinski definition) is 1. The van der Waals surface area contributed by atoms with Crippen molar-refractivity contribution in [2.75, 3.05) is 5.32 Å². The highest BCUT2D eigenvalue weighted by molar-refractivity contribution is 7.92. The zero-order valence-electron chi connectivity index (χ0n) is 13.4. The molecule has 0 aliphatic heterocycles. The first kappa shape index (κ1) is 18.1. The Morgan fingerprint density at radius 2 is 1.71 bits per heavy atom. The molecule has 0 bridgehead atoms. The zero-order chi connectivity index (χ0) is 18.1. The van der Waals surface area contributed by atoms with Gasteiger partial charge in [0, 0.05) is 6.07 Å². The lowest BCUT2D eigenvalue weighted by atomic mass is 10.1. The van der Waals surface area contributed by atoms with Gasteiger partial charge < -0.3 is 5.32 Å². The Morgan fingerprint density at radius 1 is 1.04 bits per heavy atom. The summed E-state index contributed by atoms with van der Waals surface area (Å²) in [7, 11) is -3.95. The van der Waals surface area contributed by atoms with Crippen molar-refractivity contribution >= 4 is 21.4 Å². The van der Waals surface area contributed by atoms with Crippen molar-refractivity contribution in [3.63, 3.8) is 0 Å². The van der Waals surface area contributed by atoms with Crippen molar-refractivity contribution in [2.45, 2.75) is 30.9 Å². The van der Waals surface area contributed by atoms with E-state index < -0.39 is 38.3 Å². The summed E-state index contributed by atoms with van der Waals surface area (Å²) < 4.78 is 51.8. The topological polar surface area (TPSA) is 63.2 Å². The molecule has 0 saturated carbocycles. The van der Waals surface area contributed by atoms with E-state index in [9.17, 15) is 22.0 Å². The highest BCUT2D eigenvalue weighted by Crippen LogP contribution is 2.21. The van der Waals surface area contributed by atoms with Crippen LogP contribution in [0.4, 0.5) is 14.5 Å². The predicted molar refractivity (Wildman–Crippen MR) is 87.6 cm³/mol. The van der Waals surface area contributed by atoms with Crippen LogP contribution in [0.2, 0.25) is 0 Å². The van der Waals surface area contributed by atoms with Crippen LogP contribution in [-0.2, 0) is 14.6 Å². The number of anilines is 1. The second-order valence-corrected chi connectivity index (χ2v) is 7.82. The molecule has 4 nitrogen and oxygen atoms in total. The number of benzene rings is 2. The molecule has 24 heavy (non-hydrogen) atoms. The summed E-state index contributed by atoms with van der Waals surface area (Å²) in [6.45, 7) is 4.81. The molecule has 0 heterocycles. The van der Waals surface area contributed by atoms with Crippen LogP contribution in [0.15, 0.2) is 41.3 Å². The molecule has 0 fully saturated rings. The van der Waals surface area contributed by atoms with Gasteiger partial charge in [0.1, 0.15) is 16.9 Å². The van der Waals surface area contributed by atoms with Crippen LogP contribution in [-0.4, -0.2) is 19.6 Å². The van der Waals surface area contributed by atoms with Crippen LogP contribution in [0.3, 0.4) is 0 Å². The molecule has 0 spiro atoms. The summed E-state index contributed by atoms with van der Waals surface area (Å²) in [5.74, 6) is -2.52. The minimum absolute atomic E-state index is 0.00737. The van der Waals surface area contributed by atoms with Crippen LogP contribution in [0.1, 0.15) is 18.1 Å². The highest BCUT2D eigenvalue weighted by atomic mass is 32.2. The van der Waals surface area contributed by atoms with Crippen LogP contribution in [0.25, 0.3) is 0 Å². The molecule has 2 aromatic carbocycles. The van der Waals surface area contributed by atoms with E-state index in [1.165, 1.54) is 19.1 Å². The Morgan fingerprint density at radius 3 is 2.33 bits per heavy atom. The van der Waals surface area contributed by atoms with Gasteiger partial charge in [0.2, 0.25) is 5.91 Å². The van der Waals surface area contributed by atoms with E-state index in [4.69, 9.17) is 0 Å². The summed E-state index contributed by atoms with van der Waals surface area (Å²) in [6.07, 6.45) is 0. The molecular formula is C17H17F2NO3S. The molecular weight excluding hydrogens is 336 g/mol. The number of sulfone groups is 1. The van der Waals surface area contributed by atoms with Gasteiger partial charge in [0.05, 0.1) is 10.6 Å². The molecule has 1 atom stereocenters. The van der Waals surface area contributed by atoms with Gasteiger partial charge in [-0.3, -0.25) is 4.79 Å². The van der Waals surface area contributed by atoms with Crippen molar-refractivity contribution in [3.8, 4) is 0 Å². The van der Waals surface area contributed by atoms with E-state index in [-0.39, 0.29) is 4.90 Å². The first-order valence-corrected chi connectivity index (χ1v) is 8.74. The van der Waals surface area contributed by atoms with E-state index in [2.05, 4.69) is 5.32 Å². The normalized spacial score (nSPS) is 12.7. The Hall–Kier alpha value is -2.28. The van der Waals surface area contributed by atoms with Crippen LogP contribution in [0.5, 0.6) is 0 Å². The fourth-order valence-electron chi connectivity index (χ4n) is 2.06. The zero-order valence-corrected chi connectivity index (χ0v) is 14.2. The monoisotopic (exact) mass is 353 g/mol. The van der Waals surface area contributed by atoms with E-state index in [1.54, 1.807) is 13.0 Å². The Kier molecular flexibility index (Phi) is 5.03. The smallest absolute Gasteiger partial charge is 0.242 e. The molecule has 1 N–H and O–H groups in total. The number of halogens is 2. The summed E-state index contributed by atoms with van der Waals surface area (Å²) in [5.41, 5.74) is 1.30. The van der Waals surface area contributed by atoms with E-state index in [0.29, 0.717) is 0 Å². The minimum atomic E-state index is -3.95. The number of rotatable bonds is 4. The lowest BCUT2D eigenvalue weighted by molar-refractivity contribution is -0.115. The average molecular weight is 353 g/mol. The number of carbonyl (C=O) groups excluding carboxylic acids is 1. The fourth-order valence-corrected chi connectivity index (χ4v) is 3.41. The maximum absolute atomic E-state index is 13.6. The predicted octanol–water partition coefficient (Wildman–Crippen LogP) is 3.38. The maximum Gasteiger partial charge on any atom is 0.242 e. The molecule has 1 amide bonds. The first-order chi connectivity index (χ1) is 11.1. The number of amides is 1. The van der Waals surface area contributed by atoms with Crippen LogP contribution >= 0.6 is 0 Å². The van der Waals surface area contributed by atoms with Gasteiger partial charge in [-0.05, 0) is 56.2 Å². The minimum Gasteiger partial charge on any atom is -0.322 e. The molecule has 1 unspecified atom stereocenters. The second-order valence-electron chi connectivity index (χ2n) is 5.55. The molecule has 2 aromatic rings. The number of aryl methyl sites for hydroxylation is 2. The van der Waals surface area contributed by atoms with Gasteiger partial charge in [-0.1, -0.05) is 6.07 Å². The quantitative estimate of drug-likeness (QED) is 0.916. The van der Waals surface area contributed by atoms with Gasteiger partial charge in [0.25, 0.3) is 0 Å². The summed E-state index contributed by atoms with van der Waals surface area (Å²) in [4.78, 5) is 12.2. The average Bonchev–Trinajstić information content (AvgIpc) is 2.52. The summed E-state index contributed by atoms with van der Waals surface area (Å²) in [6, 6.07) is 7.11. The molecule has 0 radical (unpaired) electrons. The van der Waals surface area contributed by atoms with Gasteiger partial charge >= 0.3 is 0 Å². The van der Waals surface area contributed by atoms with Crippen LogP contribution in [0, 0.1) is 25.5 Å². The third-order valence-corrected chi connectivity index (χ3v) is 5.88. The number of carbonyl (C=O) groups is 1. The number of nitrogens with one attached hydrogen (secondary N) is 1. The molecule has 128 valence electrons. The lowest BCUT2D eigenvalue weighted by Crippen LogP contribution is -2.33. The highest BCUT2D eigenvalue weighted by Gasteiger charge is 2.30. The van der Waals surface area contributed by atoms with Crippen molar-refractivity contribution in [1.29, 1.82) is 0 Å². The largest absolute Gasteiger partial charge is 0.322 e. The van der Waals surface area contributed by atoms with E-state index in [0.717, 1.165) is 29.3 Å². The van der Waals surface area contributed by atoms with Gasteiger partial charge in [0.15, 0.2) is 9.84 Å². The van der Waals surface area contributed by atoms with Crippen molar-refractivity contribution in [1.82, 2.24) is 0 Å². The third kappa shape index (κ3) is 3.62. The number of hydrogen-bond acceptors (Lipinski definition) is 3. The fraction of sp³-hybridized carbons (Fsp3) is 0.235. The Balaban J connectivity index is 2.28. The van der Waals surface area contributed by atoms with E-state index >= 15 is 0 Å². The lowest BCUT2D eigenvalue weighted by Gasteiger charge is -2.15. The van der Waals surface area contributed by atoms with Crippen molar-refractivity contribution in [2.24, 2.45) is 0 Å². The molecule has 2 rings (SSSR count). The Bertz CT molecular complexity index is 895. The molecule has 0 aromatic heterocycles.